The van der Waals surface area contributed by atoms with E-state index in [-0.39, 0.29) is 10.2 Å². The van der Waals surface area contributed by atoms with Crippen LogP contribution in [0, 0.1) is 34.5 Å². The fraction of sp³-hybridized carbons (Fsp3) is 0.947. The Kier molecular flexibility index (Phi) is 3.38. The number of hydrogen-bond donors (Lipinski definition) is 0. The monoisotopic (exact) mass is 352 g/mol. The zero-order chi connectivity index (χ0) is 14.8. The maximum atomic E-state index is 12.7. The summed E-state index contributed by atoms with van der Waals surface area (Å²) in [5, 5.41) is 0. The van der Waals surface area contributed by atoms with Gasteiger partial charge in [-0.3, -0.25) is 4.79 Å². The van der Waals surface area contributed by atoms with Crippen molar-refractivity contribution in [3.63, 3.8) is 0 Å². The summed E-state index contributed by atoms with van der Waals surface area (Å²) >= 11 is 3.68. The summed E-state index contributed by atoms with van der Waals surface area (Å²) in [6.45, 7) is 4.89. The largest absolute Gasteiger partial charge is 0.298 e. The molecule has 4 aliphatic rings. The number of carbonyl (C=O) groups is 1. The second kappa shape index (κ2) is 4.82. The normalized spacial score (nSPS) is 56.5. The van der Waals surface area contributed by atoms with Crippen molar-refractivity contribution in [1.82, 2.24) is 0 Å². The van der Waals surface area contributed by atoms with E-state index in [9.17, 15) is 4.79 Å². The molecule has 0 bridgehead atoms. The summed E-state index contributed by atoms with van der Waals surface area (Å²) in [5.74, 6) is 3.89. The number of fused-ring (bicyclic) bond motifs is 5. The van der Waals surface area contributed by atoms with Gasteiger partial charge in [0.2, 0.25) is 0 Å². The lowest BCUT2D eigenvalue weighted by Crippen LogP contribution is -2.52. The van der Waals surface area contributed by atoms with E-state index in [1.165, 1.54) is 44.9 Å². The highest BCUT2D eigenvalue weighted by Gasteiger charge is 2.61. The molecule has 1 nitrogen and oxygen atoms in total. The van der Waals surface area contributed by atoms with Crippen molar-refractivity contribution in [2.24, 2.45) is 34.5 Å². The van der Waals surface area contributed by atoms with Crippen LogP contribution in [0.2, 0.25) is 0 Å². The first-order chi connectivity index (χ1) is 9.97. The molecule has 0 aromatic carbocycles. The van der Waals surface area contributed by atoms with Crippen molar-refractivity contribution in [3.05, 3.63) is 0 Å². The smallest absolute Gasteiger partial charge is 0.152 e. The van der Waals surface area contributed by atoms with Gasteiger partial charge in [-0.05, 0) is 74.0 Å². The first kappa shape index (κ1) is 14.7. The average molecular weight is 353 g/mol. The first-order valence-corrected chi connectivity index (χ1v) is 10.1. The van der Waals surface area contributed by atoms with Crippen molar-refractivity contribution < 1.29 is 4.79 Å². The molecular formula is C19H29BrO. The SMILES string of the molecule is C[C@]12CCCC[C@@H]1CC[C@@H]1[C@@H]2CC[C@@]2(C)C(=O)[C@H](Br)C[C@@H]12. The van der Waals surface area contributed by atoms with Crippen LogP contribution in [0.5, 0.6) is 0 Å². The zero-order valence-corrected chi connectivity index (χ0v) is 15.1. The van der Waals surface area contributed by atoms with Crippen molar-refractivity contribution in [2.75, 3.05) is 0 Å². The molecule has 21 heavy (non-hydrogen) atoms. The Bertz CT molecular complexity index is 460. The van der Waals surface area contributed by atoms with Gasteiger partial charge in [-0.2, -0.15) is 0 Å². The summed E-state index contributed by atoms with van der Waals surface area (Å²) in [7, 11) is 0. The minimum Gasteiger partial charge on any atom is -0.298 e. The number of alkyl halides is 1. The highest BCUT2D eigenvalue weighted by atomic mass is 79.9. The van der Waals surface area contributed by atoms with Crippen LogP contribution in [0.15, 0.2) is 0 Å². The van der Waals surface area contributed by atoms with Gasteiger partial charge in [0.05, 0.1) is 4.83 Å². The van der Waals surface area contributed by atoms with Crippen molar-refractivity contribution in [2.45, 2.75) is 76.5 Å². The second-order valence-corrected chi connectivity index (χ2v) is 10.0. The Hall–Kier alpha value is 0.150. The molecule has 0 aromatic heterocycles. The molecule has 4 saturated carbocycles. The molecule has 4 fully saturated rings. The van der Waals surface area contributed by atoms with E-state index < -0.39 is 0 Å². The third-order valence-electron chi connectivity index (χ3n) is 8.28. The van der Waals surface area contributed by atoms with Gasteiger partial charge >= 0.3 is 0 Å². The molecule has 4 aliphatic carbocycles. The van der Waals surface area contributed by atoms with Gasteiger partial charge < -0.3 is 0 Å². The average Bonchev–Trinajstić information content (AvgIpc) is 2.70. The maximum Gasteiger partial charge on any atom is 0.152 e. The highest BCUT2D eigenvalue weighted by Crippen LogP contribution is 2.65. The Balaban J connectivity index is 1.67. The summed E-state index contributed by atoms with van der Waals surface area (Å²) in [6, 6.07) is 0. The van der Waals surface area contributed by atoms with E-state index >= 15 is 0 Å². The molecule has 7 atom stereocenters. The van der Waals surface area contributed by atoms with Gasteiger partial charge in [0.1, 0.15) is 0 Å². The fourth-order valence-electron chi connectivity index (χ4n) is 7.04. The molecule has 0 saturated heterocycles. The number of Topliss-reactive ketones (excluding diaryl/α,β-unsaturated/α-hetero) is 1. The lowest BCUT2D eigenvalue weighted by molar-refractivity contribution is -0.138. The van der Waals surface area contributed by atoms with Gasteiger partial charge in [-0.15, -0.1) is 0 Å². The van der Waals surface area contributed by atoms with E-state index in [4.69, 9.17) is 0 Å². The van der Waals surface area contributed by atoms with Crippen LogP contribution < -0.4 is 0 Å². The van der Waals surface area contributed by atoms with Crippen LogP contribution in [-0.4, -0.2) is 10.6 Å². The number of hydrogen-bond acceptors (Lipinski definition) is 1. The third-order valence-corrected chi connectivity index (χ3v) is 9.07. The summed E-state index contributed by atoms with van der Waals surface area (Å²) < 4.78 is 0. The number of carbonyl (C=O) groups excluding carboxylic acids is 1. The van der Waals surface area contributed by atoms with Crippen molar-refractivity contribution >= 4 is 21.7 Å². The molecule has 4 rings (SSSR count). The predicted octanol–water partition coefficient (Wildman–Crippen LogP) is 5.36. The van der Waals surface area contributed by atoms with E-state index in [0.29, 0.717) is 17.1 Å². The third kappa shape index (κ3) is 1.90. The fourth-order valence-corrected chi connectivity index (χ4v) is 7.97. The number of rotatable bonds is 0. The van der Waals surface area contributed by atoms with Crippen LogP contribution in [0.25, 0.3) is 0 Å². The lowest BCUT2D eigenvalue weighted by Gasteiger charge is -2.59. The minimum absolute atomic E-state index is 0.00675. The molecule has 0 heterocycles. The Morgan fingerprint density at radius 2 is 1.81 bits per heavy atom. The summed E-state index contributed by atoms with van der Waals surface area (Å²) in [6.07, 6.45) is 12.2. The Morgan fingerprint density at radius 1 is 1.00 bits per heavy atom. The molecule has 0 unspecified atom stereocenters. The molecule has 0 N–H and O–H groups in total. The van der Waals surface area contributed by atoms with E-state index in [1.54, 1.807) is 0 Å². The highest BCUT2D eigenvalue weighted by molar-refractivity contribution is 9.10. The van der Waals surface area contributed by atoms with E-state index in [2.05, 4.69) is 29.8 Å². The molecule has 0 amide bonds. The number of ketones is 1. The molecule has 0 radical (unpaired) electrons. The van der Waals surface area contributed by atoms with Crippen LogP contribution in [0.4, 0.5) is 0 Å². The summed E-state index contributed by atoms with van der Waals surface area (Å²) in [5.41, 5.74) is 0.586. The van der Waals surface area contributed by atoms with Gasteiger partial charge in [-0.1, -0.05) is 42.6 Å². The van der Waals surface area contributed by atoms with E-state index in [0.717, 1.165) is 30.6 Å². The summed E-state index contributed by atoms with van der Waals surface area (Å²) in [4.78, 5) is 12.8. The van der Waals surface area contributed by atoms with Crippen molar-refractivity contribution in [3.8, 4) is 0 Å². The van der Waals surface area contributed by atoms with Gasteiger partial charge in [-0.25, -0.2) is 0 Å². The van der Waals surface area contributed by atoms with Crippen molar-refractivity contribution in [1.29, 1.82) is 0 Å². The molecule has 118 valence electrons. The topological polar surface area (TPSA) is 17.1 Å². The lowest BCUT2D eigenvalue weighted by atomic mass is 9.45. The van der Waals surface area contributed by atoms with Crippen LogP contribution >= 0.6 is 15.9 Å². The Labute approximate surface area is 137 Å². The quantitative estimate of drug-likeness (QED) is 0.536. The first-order valence-electron chi connectivity index (χ1n) is 9.15. The van der Waals surface area contributed by atoms with Gasteiger partial charge in [0, 0.05) is 5.41 Å². The maximum absolute atomic E-state index is 12.7. The van der Waals surface area contributed by atoms with E-state index in [1.807, 2.05) is 0 Å². The predicted molar refractivity (Wildman–Crippen MR) is 89.4 cm³/mol. The minimum atomic E-state index is -0.00675. The van der Waals surface area contributed by atoms with Crippen LogP contribution in [-0.2, 0) is 4.79 Å². The standard InChI is InChI=1S/C19H29BrO/c1-18-9-4-3-5-12(18)6-7-13-14(18)8-10-19(2)15(13)11-16(20)17(19)21/h12-16H,3-11H2,1-2H3/t12-,13-,14+,15+,16-,18+,19-/m1/s1. The molecule has 0 aromatic rings. The van der Waals surface area contributed by atoms with Crippen LogP contribution in [0.1, 0.15) is 71.6 Å². The molecule has 0 aliphatic heterocycles. The second-order valence-electron chi connectivity index (χ2n) is 8.93. The van der Waals surface area contributed by atoms with Crippen LogP contribution in [0.3, 0.4) is 0 Å². The molecule has 2 heteroatoms. The van der Waals surface area contributed by atoms with Gasteiger partial charge in [0.25, 0.3) is 0 Å². The van der Waals surface area contributed by atoms with Gasteiger partial charge in [0.15, 0.2) is 5.78 Å². The number of halogens is 1. The molecular weight excluding hydrogens is 324 g/mol. The Morgan fingerprint density at radius 3 is 2.62 bits per heavy atom. The zero-order valence-electron chi connectivity index (χ0n) is 13.5. The molecule has 0 spiro atoms.